The Hall–Kier alpha value is 0.310. The topological polar surface area (TPSA) is 26.0 Å². The van der Waals surface area contributed by atoms with Crippen molar-refractivity contribution in [3.8, 4) is 0 Å². The smallest absolute Gasteiger partial charge is 0.00232 e. The molecule has 0 heterocycles. The van der Waals surface area contributed by atoms with Gasteiger partial charge in [-0.15, -0.1) is 0 Å². The van der Waals surface area contributed by atoms with E-state index < -0.39 is 0 Å². The highest BCUT2D eigenvalue weighted by atomic mass is 32.2. The van der Waals surface area contributed by atoms with Crippen LogP contribution in [0.5, 0.6) is 0 Å². The van der Waals surface area contributed by atoms with E-state index >= 15 is 0 Å². The highest BCUT2D eigenvalue weighted by Gasteiger charge is 2.20. The number of thioether (sulfide) groups is 1. The third kappa shape index (κ3) is 5.04. The van der Waals surface area contributed by atoms with Crippen LogP contribution in [0.3, 0.4) is 0 Å². The van der Waals surface area contributed by atoms with E-state index in [1.54, 1.807) is 0 Å². The molecule has 0 aromatic heterocycles. The van der Waals surface area contributed by atoms with Crippen molar-refractivity contribution in [2.24, 2.45) is 11.1 Å². The lowest BCUT2D eigenvalue weighted by atomic mass is 9.81. The standard InChI is InChI=1S/C10H23NS/c1-4-6-10(2,9-11)7-5-8-12-3/h4-9,11H2,1-3H3. The van der Waals surface area contributed by atoms with E-state index in [-0.39, 0.29) is 0 Å². The average molecular weight is 189 g/mol. The van der Waals surface area contributed by atoms with Gasteiger partial charge in [0.25, 0.3) is 0 Å². The molecule has 1 atom stereocenters. The van der Waals surface area contributed by atoms with Crippen molar-refractivity contribution in [3.05, 3.63) is 0 Å². The van der Waals surface area contributed by atoms with Crippen LogP contribution in [0.25, 0.3) is 0 Å². The molecule has 0 aromatic carbocycles. The average Bonchev–Trinajstić information content (AvgIpc) is 2.06. The minimum absolute atomic E-state index is 0.407. The summed E-state index contributed by atoms with van der Waals surface area (Å²) < 4.78 is 0. The van der Waals surface area contributed by atoms with E-state index in [1.807, 2.05) is 11.8 Å². The summed E-state index contributed by atoms with van der Waals surface area (Å²) in [6.45, 7) is 5.40. The Balaban J connectivity index is 3.63. The normalized spacial score (nSPS) is 16.0. The summed E-state index contributed by atoms with van der Waals surface area (Å²) in [7, 11) is 0. The van der Waals surface area contributed by atoms with E-state index in [0.29, 0.717) is 5.41 Å². The van der Waals surface area contributed by atoms with Crippen LogP contribution in [0.4, 0.5) is 0 Å². The van der Waals surface area contributed by atoms with Crippen LogP contribution in [0.1, 0.15) is 39.5 Å². The van der Waals surface area contributed by atoms with E-state index in [4.69, 9.17) is 5.73 Å². The number of hydrogen-bond acceptors (Lipinski definition) is 2. The van der Waals surface area contributed by atoms with Gasteiger partial charge in [0.15, 0.2) is 0 Å². The molecule has 0 saturated carbocycles. The molecule has 0 aliphatic heterocycles. The molecule has 12 heavy (non-hydrogen) atoms. The van der Waals surface area contributed by atoms with Crippen LogP contribution in [-0.4, -0.2) is 18.6 Å². The Kier molecular flexibility index (Phi) is 6.96. The lowest BCUT2D eigenvalue weighted by molar-refractivity contribution is 0.278. The first-order valence-corrected chi connectivity index (χ1v) is 6.27. The quantitative estimate of drug-likeness (QED) is 0.623. The predicted molar refractivity (Wildman–Crippen MR) is 59.7 cm³/mol. The fourth-order valence-corrected chi connectivity index (χ4v) is 2.01. The molecule has 74 valence electrons. The van der Waals surface area contributed by atoms with Gasteiger partial charge >= 0.3 is 0 Å². The number of nitrogens with two attached hydrogens (primary N) is 1. The Morgan fingerprint density at radius 2 is 2.00 bits per heavy atom. The Morgan fingerprint density at radius 1 is 1.33 bits per heavy atom. The van der Waals surface area contributed by atoms with Crippen molar-refractivity contribution in [3.63, 3.8) is 0 Å². The molecule has 2 N–H and O–H groups in total. The van der Waals surface area contributed by atoms with Crippen molar-refractivity contribution in [1.29, 1.82) is 0 Å². The minimum Gasteiger partial charge on any atom is -0.330 e. The second-order valence-corrected chi connectivity index (χ2v) is 4.85. The molecular weight excluding hydrogens is 166 g/mol. The molecule has 0 aliphatic rings. The zero-order valence-corrected chi connectivity index (χ0v) is 9.54. The first-order chi connectivity index (χ1) is 5.68. The van der Waals surface area contributed by atoms with Crippen molar-refractivity contribution in [2.45, 2.75) is 39.5 Å². The Labute approximate surface area is 81.5 Å². The molecule has 0 rings (SSSR count). The van der Waals surface area contributed by atoms with Crippen LogP contribution in [0, 0.1) is 5.41 Å². The molecule has 0 fully saturated rings. The van der Waals surface area contributed by atoms with Gasteiger partial charge in [0.2, 0.25) is 0 Å². The van der Waals surface area contributed by atoms with E-state index in [0.717, 1.165) is 6.54 Å². The molecule has 0 saturated heterocycles. The van der Waals surface area contributed by atoms with Crippen molar-refractivity contribution in [2.75, 3.05) is 18.6 Å². The minimum atomic E-state index is 0.407. The van der Waals surface area contributed by atoms with Gasteiger partial charge in [-0.05, 0) is 43.2 Å². The first-order valence-electron chi connectivity index (χ1n) is 4.87. The van der Waals surface area contributed by atoms with Crippen LogP contribution < -0.4 is 5.73 Å². The van der Waals surface area contributed by atoms with Crippen molar-refractivity contribution >= 4 is 11.8 Å². The molecule has 1 unspecified atom stereocenters. The lowest BCUT2D eigenvalue weighted by Crippen LogP contribution is -2.27. The fraction of sp³-hybridized carbons (Fsp3) is 1.00. The summed E-state index contributed by atoms with van der Waals surface area (Å²) in [5, 5.41) is 0. The van der Waals surface area contributed by atoms with Crippen molar-refractivity contribution in [1.82, 2.24) is 0 Å². The molecule has 0 aliphatic carbocycles. The van der Waals surface area contributed by atoms with Gasteiger partial charge in [0, 0.05) is 0 Å². The summed E-state index contributed by atoms with van der Waals surface area (Å²) >= 11 is 1.93. The zero-order chi connectivity index (χ0) is 9.45. The predicted octanol–water partition coefficient (Wildman–Crippen LogP) is 2.89. The lowest BCUT2D eigenvalue weighted by Gasteiger charge is -2.27. The highest BCUT2D eigenvalue weighted by Crippen LogP contribution is 2.28. The molecular formula is C10H23NS. The molecule has 2 heteroatoms. The van der Waals surface area contributed by atoms with E-state index in [9.17, 15) is 0 Å². The van der Waals surface area contributed by atoms with Gasteiger partial charge in [-0.2, -0.15) is 11.8 Å². The van der Waals surface area contributed by atoms with Gasteiger partial charge in [0.05, 0.1) is 0 Å². The summed E-state index contributed by atoms with van der Waals surface area (Å²) in [6.07, 6.45) is 7.30. The Bertz CT molecular complexity index is 106. The van der Waals surface area contributed by atoms with Crippen molar-refractivity contribution < 1.29 is 0 Å². The number of hydrogen-bond donors (Lipinski definition) is 1. The van der Waals surface area contributed by atoms with Gasteiger partial charge in [-0.25, -0.2) is 0 Å². The molecule has 0 amide bonds. The molecule has 1 nitrogen and oxygen atoms in total. The monoisotopic (exact) mass is 189 g/mol. The second kappa shape index (κ2) is 6.79. The van der Waals surface area contributed by atoms with Gasteiger partial charge < -0.3 is 5.73 Å². The summed E-state index contributed by atoms with van der Waals surface area (Å²) in [6, 6.07) is 0. The maximum atomic E-state index is 5.77. The van der Waals surface area contributed by atoms with Crippen LogP contribution in [0.2, 0.25) is 0 Å². The third-order valence-electron chi connectivity index (χ3n) is 2.48. The maximum absolute atomic E-state index is 5.77. The second-order valence-electron chi connectivity index (χ2n) is 3.86. The molecule has 0 spiro atoms. The third-order valence-corrected chi connectivity index (χ3v) is 3.17. The van der Waals surface area contributed by atoms with E-state index in [1.165, 1.54) is 31.4 Å². The van der Waals surface area contributed by atoms with Crippen LogP contribution in [-0.2, 0) is 0 Å². The van der Waals surface area contributed by atoms with Gasteiger partial charge in [-0.1, -0.05) is 20.3 Å². The Morgan fingerprint density at radius 3 is 2.42 bits per heavy atom. The first kappa shape index (κ1) is 12.3. The summed E-state index contributed by atoms with van der Waals surface area (Å²) in [5.74, 6) is 1.28. The summed E-state index contributed by atoms with van der Waals surface area (Å²) in [4.78, 5) is 0. The summed E-state index contributed by atoms with van der Waals surface area (Å²) in [5.41, 5.74) is 6.18. The molecule has 0 bridgehead atoms. The fourth-order valence-electron chi connectivity index (χ4n) is 1.58. The zero-order valence-electron chi connectivity index (χ0n) is 8.73. The SMILES string of the molecule is CCCC(C)(CN)CCCSC. The molecule has 0 radical (unpaired) electrons. The maximum Gasteiger partial charge on any atom is -0.00232 e. The van der Waals surface area contributed by atoms with E-state index in [2.05, 4.69) is 20.1 Å². The molecule has 0 aromatic rings. The number of rotatable bonds is 7. The van der Waals surface area contributed by atoms with Gasteiger partial charge in [0.1, 0.15) is 0 Å². The van der Waals surface area contributed by atoms with Crippen LogP contribution >= 0.6 is 11.8 Å². The largest absolute Gasteiger partial charge is 0.330 e. The van der Waals surface area contributed by atoms with Crippen LogP contribution in [0.15, 0.2) is 0 Å². The van der Waals surface area contributed by atoms with Gasteiger partial charge in [-0.3, -0.25) is 0 Å². The highest BCUT2D eigenvalue weighted by molar-refractivity contribution is 7.98.